The highest BCUT2D eigenvalue weighted by molar-refractivity contribution is 9.10. The summed E-state index contributed by atoms with van der Waals surface area (Å²) in [5.41, 5.74) is 9.48. The average molecular weight is 366 g/mol. The van der Waals surface area contributed by atoms with Gasteiger partial charge in [0, 0.05) is 10.2 Å². The van der Waals surface area contributed by atoms with Gasteiger partial charge in [0.15, 0.2) is 9.84 Å². The van der Waals surface area contributed by atoms with Crippen LogP contribution in [0.2, 0.25) is 0 Å². The fourth-order valence-corrected chi connectivity index (χ4v) is 4.54. The fourth-order valence-electron chi connectivity index (χ4n) is 2.73. The topological polar surface area (TPSA) is 60.2 Å². The van der Waals surface area contributed by atoms with Crippen molar-refractivity contribution in [1.82, 2.24) is 0 Å². The molecule has 0 saturated heterocycles. The molecule has 1 aliphatic rings. The summed E-state index contributed by atoms with van der Waals surface area (Å²) in [6.07, 6.45) is 3.13. The van der Waals surface area contributed by atoms with E-state index in [1.165, 1.54) is 11.1 Å². The predicted molar refractivity (Wildman–Crippen MR) is 87.9 cm³/mol. The van der Waals surface area contributed by atoms with E-state index in [1.807, 2.05) is 18.2 Å². The third-order valence-electron chi connectivity index (χ3n) is 3.88. The first-order valence-corrected chi connectivity index (χ1v) is 9.29. The number of sulfone groups is 1. The van der Waals surface area contributed by atoms with Crippen LogP contribution in [0.25, 0.3) is 0 Å². The van der Waals surface area contributed by atoms with E-state index >= 15 is 0 Å². The molecule has 2 aromatic rings. The lowest BCUT2D eigenvalue weighted by Gasteiger charge is -2.09. The van der Waals surface area contributed by atoms with Crippen molar-refractivity contribution >= 4 is 31.5 Å². The molecule has 0 amide bonds. The van der Waals surface area contributed by atoms with E-state index in [0.717, 1.165) is 23.7 Å². The van der Waals surface area contributed by atoms with E-state index in [2.05, 4.69) is 15.9 Å². The summed E-state index contributed by atoms with van der Waals surface area (Å²) in [7, 11) is -3.37. The molecule has 0 unspecified atom stereocenters. The van der Waals surface area contributed by atoms with Crippen LogP contribution in [0.4, 0.5) is 5.69 Å². The molecule has 21 heavy (non-hydrogen) atoms. The minimum absolute atomic E-state index is 0.0646. The molecule has 0 heterocycles. The Labute approximate surface area is 133 Å². The number of halogens is 1. The lowest BCUT2D eigenvalue weighted by molar-refractivity contribution is 0.595. The number of nitrogen functional groups attached to an aromatic ring is 1. The summed E-state index contributed by atoms with van der Waals surface area (Å²) in [5.74, 6) is -0.0646. The monoisotopic (exact) mass is 365 g/mol. The van der Waals surface area contributed by atoms with Gasteiger partial charge >= 0.3 is 0 Å². The molecule has 5 heteroatoms. The van der Waals surface area contributed by atoms with Crippen LogP contribution in [0.1, 0.15) is 23.1 Å². The summed E-state index contributed by atoms with van der Waals surface area (Å²) in [4.78, 5) is 0.394. The number of hydrogen-bond acceptors (Lipinski definition) is 3. The van der Waals surface area contributed by atoms with Crippen molar-refractivity contribution in [3.63, 3.8) is 0 Å². The maximum atomic E-state index is 12.6. The molecule has 0 bridgehead atoms. The number of fused-ring (bicyclic) bond motifs is 1. The predicted octanol–water partition coefficient (Wildman–Crippen LogP) is 3.49. The van der Waals surface area contributed by atoms with Crippen LogP contribution in [0.15, 0.2) is 45.8 Å². The van der Waals surface area contributed by atoms with Gasteiger partial charge in [0.05, 0.1) is 10.6 Å². The van der Waals surface area contributed by atoms with Gasteiger partial charge < -0.3 is 5.73 Å². The van der Waals surface area contributed by atoms with Crippen LogP contribution < -0.4 is 5.73 Å². The van der Waals surface area contributed by atoms with Crippen molar-refractivity contribution in [2.75, 3.05) is 5.73 Å². The maximum Gasteiger partial charge on any atom is 0.182 e. The molecule has 2 aromatic carbocycles. The van der Waals surface area contributed by atoms with Crippen molar-refractivity contribution in [2.24, 2.45) is 0 Å². The highest BCUT2D eigenvalue weighted by atomic mass is 79.9. The molecular weight excluding hydrogens is 350 g/mol. The normalized spacial score (nSPS) is 14.1. The van der Waals surface area contributed by atoms with Crippen molar-refractivity contribution in [1.29, 1.82) is 0 Å². The first kappa shape index (κ1) is 14.6. The Morgan fingerprint density at radius 1 is 1.05 bits per heavy atom. The molecule has 3 nitrogen and oxygen atoms in total. The van der Waals surface area contributed by atoms with Gasteiger partial charge in [0.25, 0.3) is 0 Å². The molecule has 0 radical (unpaired) electrons. The SMILES string of the molecule is Nc1cc(Br)ccc1CS(=O)(=O)c1ccc2c(c1)CCC2. The van der Waals surface area contributed by atoms with E-state index in [0.29, 0.717) is 16.1 Å². The smallest absolute Gasteiger partial charge is 0.182 e. The summed E-state index contributed by atoms with van der Waals surface area (Å²) < 4.78 is 26.0. The third kappa shape index (κ3) is 2.99. The van der Waals surface area contributed by atoms with E-state index in [1.54, 1.807) is 18.2 Å². The Kier molecular flexibility index (Phi) is 3.80. The van der Waals surface area contributed by atoms with Gasteiger partial charge in [0.2, 0.25) is 0 Å². The molecule has 0 aliphatic heterocycles. The lowest BCUT2D eigenvalue weighted by Crippen LogP contribution is -2.07. The maximum absolute atomic E-state index is 12.6. The molecule has 2 N–H and O–H groups in total. The lowest BCUT2D eigenvalue weighted by atomic mass is 10.1. The third-order valence-corrected chi connectivity index (χ3v) is 6.04. The molecular formula is C16H16BrNO2S. The van der Waals surface area contributed by atoms with Crippen LogP contribution in [0, 0.1) is 0 Å². The Morgan fingerprint density at radius 2 is 1.81 bits per heavy atom. The number of anilines is 1. The second-order valence-corrected chi connectivity index (χ2v) is 8.29. The molecule has 0 atom stereocenters. The van der Waals surface area contributed by atoms with Gasteiger partial charge in [-0.2, -0.15) is 0 Å². The number of nitrogens with two attached hydrogens (primary N) is 1. The van der Waals surface area contributed by atoms with Gasteiger partial charge in [-0.05, 0) is 60.2 Å². The zero-order chi connectivity index (χ0) is 15.0. The largest absolute Gasteiger partial charge is 0.398 e. The van der Waals surface area contributed by atoms with Crippen molar-refractivity contribution in [3.05, 3.63) is 57.6 Å². The minimum Gasteiger partial charge on any atom is -0.398 e. The second kappa shape index (κ2) is 5.46. The van der Waals surface area contributed by atoms with Crippen molar-refractivity contribution < 1.29 is 8.42 Å². The van der Waals surface area contributed by atoms with Gasteiger partial charge in [-0.25, -0.2) is 8.42 Å². The number of aryl methyl sites for hydroxylation is 2. The van der Waals surface area contributed by atoms with Crippen LogP contribution in [0.5, 0.6) is 0 Å². The summed E-state index contributed by atoms with van der Waals surface area (Å²) in [5, 5.41) is 0. The van der Waals surface area contributed by atoms with Crippen LogP contribution in [0.3, 0.4) is 0 Å². The molecule has 0 aromatic heterocycles. The highest BCUT2D eigenvalue weighted by Gasteiger charge is 2.20. The van der Waals surface area contributed by atoms with Crippen molar-refractivity contribution in [2.45, 2.75) is 29.9 Å². The Hall–Kier alpha value is -1.33. The Morgan fingerprint density at radius 3 is 2.57 bits per heavy atom. The summed E-state index contributed by atoms with van der Waals surface area (Å²) in [6, 6.07) is 10.8. The summed E-state index contributed by atoms with van der Waals surface area (Å²) >= 11 is 3.33. The Balaban J connectivity index is 1.93. The molecule has 3 rings (SSSR count). The van der Waals surface area contributed by atoms with Gasteiger partial charge in [-0.3, -0.25) is 0 Å². The van der Waals surface area contributed by atoms with E-state index in [-0.39, 0.29) is 5.75 Å². The molecule has 0 fully saturated rings. The summed E-state index contributed by atoms with van der Waals surface area (Å²) in [6.45, 7) is 0. The van der Waals surface area contributed by atoms with Gasteiger partial charge in [-0.1, -0.05) is 28.1 Å². The minimum atomic E-state index is -3.37. The number of rotatable bonds is 3. The quantitative estimate of drug-likeness (QED) is 0.846. The molecule has 1 aliphatic carbocycles. The van der Waals surface area contributed by atoms with Crippen LogP contribution >= 0.6 is 15.9 Å². The second-order valence-electron chi connectivity index (χ2n) is 5.39. The zero-order valence-corrected chi connectivity index (χ0v) is 13.9. The Bertz CT molecular complexity index is 800. The van der Waals surface area contributed by atoms with Crippen LogP contribution in [-0.2, 0) is 28.4 Å². The fraction of sp³-hybridized carbons (Fsp3) is 0.250. The standard InChI is InChI=1S/C16H16BrNO2S/c17-14-6-4-13(16(18)9-14)10-21(19,20)15-7-5-11-2-1-3-12(11)8-15/h4-9H,1-3,10,18H2. The average Bonchev–Trinajstić information content (AvgIpc) is 2.89. The number of benzene rings is 2. The van der Waals surface area contributed by atoms with Crippen molar-refractivity contribution in [3.8, 4) is 0 Å². The number of hydrogen-bond donors (Lipinski definition) is 1. The highest BCUT2D eigenvalue weighted by Crippen LogP contribution is 2.28. The van der Waals surface area contributed by atoms with E-state index in [9.17, 15) is 8.42 Å². The molecule has 0 saturated carbocycles. The zero-order valence-electron chi connectivity index (χ0n) is 11.5. The first-order valence-electron chi connectivity index (χ1n) is 6.84. The van der Waals surface area contributed by atoms with E-state index in [4.69, 9.17) is 5.73 Å². The van der Waals surface area contributed by atoms with E-state index < -0.39 is 9.84 Å². The molecule has 110 valence electrons. The van der Waals surface area contributed by atoms with Crippen LogP contribution in [-0.4, -0.2) is 8.42 Å². The van der Waals surface area contributed by atoms with Gasteiger partial charge in [-0.15, -0.1) is 0 Å². The van der Waals surface area contributed by atoms with Gasteiger partial charge in [0.1, 0.15) is 0 Å². The first-order chi connectivity index (χ1) is 9.95. The molecule has 0 spiro atoms.